The lowest BCUT2D eigenvalue weighted by atomic mass is 9.98. The minimum Gasteiger partial charge on any atom is -0.337 e. The van der Waals surface area contributed by atoms with Crippen LogP contribution in [0.25, 0.3) is 10.4 Å². The lowest BCUT2D eigenvalue weighted by Gasteiger charge is -2.31. The molecule has 0 N–H and O–H groups in total. The lowest BCUT2D eigenvalue weighted by Crippen LogP contribution is -2.38. The molecular formula is C19H17ClN2OS2. The number of likely N-dealkylation sites (tertiary alicyclic amines) is 1. The second kappa shape index (κ2) is 7.28. The molecular weight excluding hydrogens is 372 g/mol. The highest BCUT2D eigenvalue weighted by molar-refractivity contribution is 7.17. The van der Waals surface area contributed by atoms with Crippen molar-refractivity contribution in [1.29, 1.82) is 0 Å². The molecule has 25 heavy (non-hydrogen) atoms. The van der Waals surface area contributed by atoms with Crippen LogP contribution in [-0.4, -0.2) is 28.9 Å². The Kier molecular flexibility index (Phi) is 4.88. The zero-order valence-electron chi connectivity index (χ0n) is 13.5. The summed E-state index contributed by atoms with van der Waals surface area (Å²) in [4.78, 5) is 21.2. The molecule has 0 bridgehead atoms. The van der Waals surface area contributed by atoms with Crippen molar-refractivity contribution in [3.05, 3.63) is 62.9 Å². The Balaban J connectivity index is 1.50. The van der Waals surface area contributed by atoms with E-state index in [2.05, 4.69) is 4.98 Å². The fraction of sp³-hybridized carbons (Fsp3) is 0.263. The van der Waals surface area contributed by atoms with Gasteiger partial charge in [-0.05, 0) is 42.7 Å². The molecule has 1 amide bonds. The van der Waals surface area contributed by atoms with Crippen LogP contribution in [0, 0.1) is 0 Å². The molecule has 6 heteroatoms. The maximum atomic E-state index is 12.9. The van der Waals surface area contributed by atoms with E-state index in [1.165, 1.54) is 0 Å². The number of rotatable bonds is 3. The van der Waals surface area contributed by atoms with E-state index in [1.54, 1.807) is 22.7 Å². The van der Waals surface area contributed by atoms with Gasteiger partial charge in [-0.3, -0.25) is 4.79 Å². The fourth-order valence-corrected chi connectivity index (χ4v) is 5.05. The number of benzene rings is 1. The number of hydrogen-bond acceptors (Lipinski definition) is 4. The summed E-state index contributed by atoms with van der Waals surface area (Å²) in [7, 11) is 0. The van der Waals surface area contributed by atoms with E-state index in [4.69, 9.17) is 11.6 Å². The van der Waals surface area contributed by atoms with Gasteiger partial charge < -0.3 is 4.90 Å². The third kappa shape index (κ3) is 3.64. The number of piperidine rings is 1. The van der Waals surface area contributed by atoms with Crippen LogP contribution < -0.4 is 0 Å². The predicted molar refractivity (Wildman–Crippen MR) is 105 cm³/mol. The number of halogens is 1. The van der Waals surface area contributed by atoms with Crippen molar-refractivity contribution in [2.75, 3.05) is 13.1 Å². The van der Waals surface area contributed by atoms with Gasteiger partial charge in [0.2, 0.25) is 0 Å². The average molecular weight is 389 g/mol. The van der Waals surface area contributed by atoms with Crippen molar-refractivity contribution >= 4 is 40.2 Å². The lowest BCUT2D eigenvalue weighted by molar-refractivity contribution is 0.0712. The fourth-order valence-electron chi connectivity index (χ4n) is 3.18. The SMILES string of the molecule is O=C(c1ccc(-c2ccc(Cl)cc2)s1)N1CCCC(c2nccs2)C1. The monoisotopic (exact) mass is 388 g/mol. The second-order valence-corrected chi connectivity index (χ2v) is 8.58. The number of carbonyl (C=O) groups excluding carboxylic acids is 1. The van der Waals surface area contributed by atoms with Gasteiger partial charge in [0.1, 0.15) is 0 Å². The smallest absolute Gasteiger partial charge is 0.263 e. The van der Waals surface area contributed by atoms with Crippen LogP contribution in [0.3, 0.4) is 0 Å². The van der Waals surface area contributed by atoms with Gasteiger partial charge in [0.05, 0.1) is 9.88 Å². The van der Waals surface area contributed by atoms with E-state index in [0.29, 0.717) is 5.92 Å². The number of amides is 1. The number of hydrogen-bond donors (Lipinski definition) is 0. The second-order valence-electron chi connectivity index (χ2n) is 6.13. The first-order chi connectivity index (χ1) is 12.2. The highest BCUT2D eigenvalue weighted by Crippen LogP contribution is 2.32. The predicted octanol–water partition coefficient (Wildman–Crippen LogP) is 5.54. The van der Waals surface area contributed by atoms with Gasteiger partial charge in [0.15, 0.2) is 0 Å². The summed E-state index contributed by atoms with van der Waals surface area (Å²) in [6.07, 6.45) is 3.99. The van der Waals surface area contributed by atoms with Crippen LogP contribution >= 0.6 is 34.3 Å². The standard InChI is InChI=1S/C19H17ClN2OS2/c20-15-5-3-13(4-6-15)16-7-8-17(25-16)19(23)22-10-1-2-14(12-22)18-21-9-11-24-18/h3-9,11,14H,1-2,10,12H2. The van der Waals surface area contributed by atoms with Gasteiger partial charge >= 0.3 is 0 Å². The molecule has 1 fully saturated rings. The summed E-state index contributed by atoms with van der Waals surface area (Å²) in [6, 6.07) is 11.7. The van der Waals surface area contributed by atoms with E-state index in [9.17, 15) is 4.79 Å². The third-order valence-corrected chi connectivity index (χ3v) is 6.77. The van der Waals surface area contributed by atoms with E-state index >= 15 is 0 Å². The maximum Gasteiger partial charge on any atom is 0.263 e. The minimum atomic E-state index is 0.131. The summed E-state index contributed by atoms with van der Waals surface area (Å²) < 4.78 is 0. The van der Waals surface area contributed by atoms with Crippen LogP contribution in [-0.2, 0) is 0 Å². The molecule has 0 aliphatic carbocycles. The van der Waals surface area contributed by atoms with Gasteiger partial charge in [-0.25, -0.2) is 4.98 Å². The van der Waals surface area contributed by atoms with Crippen molar-refractivity contribution in [1.82, 2.24) is 9.88 Å². The van der Waals surface area contributed by atoms with Crippen molar-refractivity contribution in [3.8, 4) is 10.4 Å². The molecule has 1 unspecified atom stereocenters. The van der Waals surface area contributed by atoms with Crippen molar-refractivity contribution < 1.29 is 4.79 Å². The number of thiazole rings is 1. The quantitative estimate of drug-likeness (QED) is 0.589. The molecule has 3 heterocycles. The van der Waals surface area contributed by atoms with Crippen LogP contribution in [0.2, 0.25) is 5.02 Å². The minimum absolute atomic E-state index is 0.131. The first kappa shape index (κ1) is 16.8. The Morgan fingerprint density at radius 2 is 2.04 bits per heavy atom. The first-order valence-electron chi connectivity index (χ1n) is 8.25. The molecule has 128 valence electrons. The van der Waals surface area contributed by atoms with E-state index in [0.717, 1.165) is 51.3 Å². The molecule has 2 aromatic heterocycles. The molecule has 1 saturated heterocycles. The van der Waals surface area contributed by atoms with E-state index in [1.807, 2.05) is 52.9 Å². The summed E-state index contributed by atoms with van der Waals surface area (Å²) in [5.41, 5.74) is 1.09. The topological polar surface area (TPSA) is 33.2 Å². The Hall–Kier alpha value is -1.69. The van der Waals surface area contributed by atoms with Crippen LogP contribution in [0.15, 0.2) is 48.0 Å². The third-order valence-electron chi connectivity index (χ3n) is 4.45. The Labute approximate surface area is 159 Å². The summed E-state index contributed by atoms with van der Waals surface area (Å²) in [5.74, 6) is 0.500. The van der Waals surface area contributed by atoms with Gasteiger partial charge in [0.25, 0.3) is 5.91 Å². The van der Waals surface area contributed by atoms with E-state index in [-0.39, 0.29) is 5.91 Å². The summed E-state index contributed by atoms with van der Waals surface area (Å²) in [5, 5.41) is 3.87. The van der Waals surface area contributed by atoms with Gasteiger partial charge in [-0.2, -0.15) is 0 Å². The van der Waals surface area contributed by atoms with Crippen molar-refractivity contribution in [3.63, 3.8) is 0 Å². The molecule has 0 spiro atoms. The van der Waals surface area contributed by atoms with E-state index < -0.39 is 0 Å². The number of thiophene rings is 1. The molecule has 3 aromatic rings. The Morgan fingerprint density at radius 3 is 2.80 bits per heavy atom. The highest BCUT2D eigenvalue weighted by Gasteiger charge is 2.27. The van der Waals surface area contributed by atoms with Crippen molar-refractivity contribution in [2.24, 2.45) is 0 Å². The van der Waals surface area contributed by atoms with Crippen molar-refractivity contribution in [2.45, 2.75) is 18.8 Å². The largest absolute Gasteiger partial charge is 0.337 e. The molecule has 0 radical (unpaired) electrons. The normalized spacial score (nSPS) is 17.6. The average Bonchev–Trinajstić information content (AvgIpc) is 3.34. The molecule has 1 atom stereocenters. The molecule has 1 aliphatic rings. The summed E-state index contributed by atoms with van der Waals surface area (Å²) >= 11 is 9.18. The maximum absolute atomic E-state index is 12.9. The van der Waals surface area contributed by atoms with Crippen LogP contribution in [0.4, 0.5) is 0 Å². The van der Waals surface area contributed by atoms with Crippen LogP contribution in [0.1, 0.15) is 33.4 Å². The number of carbonyl (C=O) groups is 1. The summed E-state index contributed by atoms with van der Waals surface area (Å²) in [6.45, 7) is 1.59. The molecule has 1 aromatic carbocycles. The van der Waals surface area contributed by atoms with Gasteiger partial charge in [0, 0.05) is 40.5 Å². The number of aromatic nitrogens is 1. The molecule has 0 saturated carbocycles. The first-order valence-corrected chi connectivity index (χ1v) is 10.3. The zero-order valence-corrected chi connectivity index (χ0v) is 15.9. The molecule has 4 rings (SSSR count). The van der Waals surface area contributed by atoms with Crippen LogP contribution in [0.5, 0.6) is 0 Å². The Bertz CT molecular complexity index is 858. The van der Waals surface area contributed by atoms with Gasteiger partial charge in [-0.15, -0.1) is 22.7 Å². The van der Waals surface area contributed by atoms with Gasteiger partial charge in [-0.1, -0.05) is 23.7 Å². The molecule has 3 nitrogen and oxygen atoms in total. The zero-order chi connectivity index (χ0) is 17.2. The molecule has 1 aliphatic heterocycles. The highest BCUT2D eigenvalue weighted by atomic mass is 35.5. The number of nitrogens with zero attached hydrogens (tertiary/aromatic N) is 2. The Morgan fingerprint density at radius 1 is 1.20 bits per heavy atom.